The van der Waals surface area contributed by atoms with Gasteiger partial charge in [-0.3, -0.25) is 4.98 Å². The van der Waals surface area contributed by atoms with Crippen molar-refractivity contribution in [1.82, 2.24) is 4.98 Å². The van der Waals surface area contributed by atoms with E-state index < -0.39 is 0 Å². The molecule has 0 saturated heterocycles. The van der Waals surface area contributed by atoms with Crippen LogP contribution in [0.4, 0.5) is 0 Å². The Labute approximate surface area is 81.6 Å². The summed E-state index contributed by atoms with van der Waals surface area (Å²) in [5, 5.41) is 9.71. The highest BCUT2D eigenvalue weighted by Crippen LogP contribution is 2.21. The van der Waals surface area contributed by atoms with Gasteiger partial charge in [0.1, 0.15) is 5.75 Å². The second kappa shape index (κ2) is 3.35. The molecule has 0 radical (unpaired) electrons. The van der Waals surface area contributed by atoms with Gasteiger partial charge < -0.3 is 4.74 Å². The summed E-state index contributed by atoms with van der Waals surface area (Å²) < 4.78 is 5.07. The quantitative estimate of drug-likeness (QED) is 0.681. The number of pyridine rings is 1. The lowest BCUT2D eigenvalue weighted by atomic mass is 10.1. The molecular formula is C11H8N2O. The summed E-state index contributed by atoms with van der Waals surface area (Å²) in [4.78, 5) is 4.17. The molecule has 0 spiro atoms. The number of rotatable bonds is 1. The van der Waals surface area contributed by atoms with Gasteiger partial charge in [0.25, 0.3) is 0 Å². The zero-order valence-corrected chi connectivity index (χ0v) is 7.69. The third-order valence-electron chi connectivity index (χ3n) is 2.07. The first kappa shape index (κ1) is 8.52. The van der Waals surface area contributed by atoms with Gasteiger partial charge in [-0.15, -0.1) is 0 Å². The molecule has 0 unspecified atom stereocenters. The van der Waals surface area contributed by atoms with E-state index in [0.29, 0.717) is 5.56 Å². The topological polar surface area (TPSA) is 45.9 Å². The van der Waals surface area contributed by atoms with Gasteiger partial charge in [-0.2, -0.15) is 5.26 Å². The van der Waals surface area contributed by atoms with E-state index in [-0.39, 0.29) is 0 Å². The number of nitrogens with zero attached hydrogens (tertiary/aromatic N) is 2. The number of fused-ring (bicyclic) bond motifs is 1. The molecule has 1 aromatic carbocycles. The van der Waals surface area contributed by atoms with Gasteiger partial charge in [0.05, 0.1) is 24.3 Å². The van der Waals surface area contributed by atoms with Crippen molar-refractivity contribution in [2.75, 3.05) is 7.11 Å². The SMILES string of the molecule is COc1ccc2c(C#N)ccnc2c1. The van der Waals surface area contributed by atoms with E-state index in [0.717, 1.165) is 16.7 Å². The van der Waals surface area contributed by atoms with Crippen LogP contribution in [0.25, 0.3) is 10.9 Å². The molecule has 1 aromatic heterocycles. The Kier molecular flexibility index (Phi) is 2.04. The number of methoxy groups -OCH3 is 1. The van der Waals surface area contributed by atoms with Gasteiger partial charge in [-0.1, -0.05) is 0 Å². The number of hydrogen-bond acceptors (Lipinski definition) is 3. The maximum absolute atomic E-state index is 8.85. The average molecular weight is 184 g/mol. The molecule has 0 fully saturated rings. The molecule has 0 N–H and O–H groups in total. The molecule has 0 bridgehead atoms. The Morgan fingerprint density at radius 1 is 1.36 bits per heavy atom. The maximum atomic E-state index is 8.85. The van der Waals surface area contributed by atoms with Crippen molar-refractivity contribution in [3.63, 3.8) is 0 Å². The zero-order chi connectivity index (χ0) is 9.97. The van der Waals surface area contributed by atoms with E-state index >= 15 is 0 Å². The lowest BCUT2D eigenvalue weighted by molar-refractivity contribution is 0.415. The molecule has 3 nitrogen and oxygen atoms in total. The molecule has 1 heterocycles. The van der Waals surface area contributed by atoms with Crippen molar-refractivity contribution in [3.05, 3.63) is 36.0 Å². The Hall–Kier alpha value is -2.08. The first-order valence-corrected chi connectivity index (χ1v) is 4.18. The number of aromatic nitrogens is 1. The van der Waals surface area contributed by atoms with Crippen LogP contribution < -0.4 is 4.74 Å². The Balaban J connectivity index is 2.75. The van der Waals surface area contributed by atoms with E-state index in [1.807, 2.05) is 18.2 Å². The summed E-state index contributed by atoms with van der Waals surface area (Å²) >= 11 is 0. The minimum atomic E-state index is 0.637. The van der Waals surface area contributed by atoms with Crippen molar-refractivity contribution < 1.29 is 4.74 Å². The van der Waals surface area contributed by atoms with Gasteiger partial charge in [0.15, 0.2) is 0 Å². The summed E-state index contributed by atoms with van der Waals surface area (Å²) in [5.41, 5.74) is 1.42. The second-order valence-electron chi connectivity index (χ2n) is 2.85. The Morgan fingerprint density at radius 2 is 2.21 bits per heavy atom. The molecule has 0 saturated carbocycles. The second-order valence-corrected chi connectivity index (χ2v) is 2.85. The van der Waals surface area contributed by atoms with Crippen LogP contribution >= 0.6 is 0 Å². The van der Waals surface area contributed by atoms with E-state index in [9.17, 15) is 0 Å². The number of benzene rings is 1. The van der Waals surface area contributed by atoms with E-state index in [1.54, 1.807) is 19.4 Å². The molecule has 68 valence electrons. The summed E-state index contributed by atoms with van der Waals surface area (Å²) in [5.74, 6) is 0.750. The highest BCUT2D eigenvalue weighted by molar-refractivity contribution is 5.85. The minimum Gasteiger partial charge on any atom is -0.497 e. The van der Waals surface area contributed by atoms with Gasteiger partial charge in [0.2, 0.25) is 0 Å². The zero-order valence-electron chi connectivity index (χ0n) is 7.69. The molecule has 0 aliphatic rings. The fraction of sp³-hybridized carbons (Fsp3) is 0.0909. The van der Waals surface area contributed by atoms with Crippen LogP contribution in [0.1, 0.15) is 5.56 Å². The highest BCUT2D eigenvalue weighted by atomic mass is 16.5. The van der Waals surface area contributed by atoms with Crippen LogP contribution in [0, 0.1) is 11.3 Å². The van der Waals surface area contributed by atoms with Crippen molar-refractivity contribution in [1.29, 1.82) is 5.26 Å². The lowest BCUT2D eigenvalue weighted by Crippen LogP contribution is -1.86. The highest BCUT2D eigenvalue weighted by Gasteiger charge is 2.01. The fourth-order valence-electron chi connectivity index (χ4n) is 1.35. The maximum Gasteiger partial charge on any atom is 0.121 e. The third kappa shape index (κ3) is 1.27. The number of nitriles is 1. The molecule has 3 heteroatoms. The van der Waals surface area contributed by atoms with Crippen LogP contribution in [0.3, 0.4) is 0 Å². The summed E-state index contributed by atoms with van der Waals surface area (Å²) in [6.45, 7) is 0. The van der Waals surface area contributed by atoms with Gasteiger partial charge >= 0.3 is 0 Å². The van der Waals surface area contributed by atoms with E-state index in [2.05, 4.69) is 11.1 Å². The van der Waals surface area contributed by atoms with Crippen LogP contribution in [-0.4, -0.2) is 12.1 Å². The molecule has 0 atom stereocenters. The molecular weight excluding hydrogens is 176 g/mol. The summed E-state index contributed by atoms with van der Waals surface area (Å²) in [6.07, 6.45) is 1.63. The number of hydrogen-bond donors (Lipinski definition) is 0. The summed E-state index contributed by atoms with van der Waals surface area (Å²) in [6, 6.07) is 9.32. The first-order valence-electron chi connectivity index (χ1n) is 4.18. The van der Waals surface area contributed by atoms with Crippen molar-refractivity contribution in [2.24, 2.45) is 0 Å². The standard InChI is InChI=1S/C11H8N2O/c1-14-9-2-3-10-8(7-12)4-5-13-11(10)6-9/h2-6H,1H3. The average Bonchev–Trinajstić information content (AvgIpc) is 2.27. The predicted octanol–water partition coefficient (Wildman–Crippen LogP) is 2.12. The van der Waals surface area contributed by atoms with Crippen LogP contribution in [-0.2, 0) is 0 Å². The van der Waals surface area contributed by atoms with Gasteiger partial charge in [-0.05, 0) is 18.2 Å². The molecule has 0 aliphatic heterocycles. The lowest BCUT2D eigenvalue weighted by Gasteiger charge is -2.02. The van der Waals surface area contributed by atoms with E-state index in [1.165, 1.54) is 0 Å². The van der Waals surface area contributed by atoms with Crippen molar-refractivity contribution >= 4 is 10.9 Å². The summed E-state index contributed by atoms with van der Waals surface area (Å²) in [7, 11) is 1.61. The smallest absolute Gasteiger partial charge is 0.121 e. The molecule has 2 aromatic rings. The van der Waals surface area contributed by atoms with Gasteiger partial charge in [0, 0.05) is 17.6 Å². The largest absolute Gasteiger partial charge is 0.497 e. The normalized spacial score (nSPS) is 9.71. The molecule has 0 amide bonds. The monoisotopic (exact) mass is 184 g/mol. The fourth-order valence-corrected chi connectivity index (χ4v) is 1.35. The van der Waals surface area contributed by atoms with Crippen LogP contribution in [0.5, 0.6) is 5.75 Å². The molecule has 14 heavy (non-hydrogen) atoms. The van der Waals surface area contributed by atoms with Crippen molar-refractivity contribution in [2.45, 2.75) is 0 Å². The van der Waals surface area contributed by atoms with Crippen molar-refractivity contribution in [3.8, 4) is 11.8 Å². The Morgan fingerprint density at radius 3 is 2.93 bits per heavy atom. The van der Waals surface area contributed by atoms with E-state index in [4.69, 9.17) is 10.00 Å². The minimum absolute atomic E-state index is 0.637. The van der Waals surface area contributed by atoms with Crippen LogP contribution in [0.2, 0.25) is 0 Å². The molecule has 2 rings (SSSR count). The predicted molar refractivity (Wildman–Crippen MR) is 53.0 cm³/mol. The van der Waals surface area contributed by atoms with Gasteiger partial charge in [-0.25, -0.2) is 0 Å². The third-order valence-corrected chi connectivity index (χ3v) is 2.07. The van der Waals surface area contributed by atoms with Crippen LogP contribution in [0.15, 0.2) is 30.5 Å². The number of ether oxygens (including phenoxy) is 1. The first-order chi connectivity index (χ1) is 6.85. The molecule has 0 aliphatic carbocycles. The Bertz CT molecular complexity index is 514.